The Hall–Kier alpha value is -1.23. The summed E-state index contributed by atoms with van der Waals surface area (Å²) >= 11 is 14.8. The topological polar surface area (TPSA) is 42.2 Å². The molecule has 2 aromatic rings. The number of amides is 1. The smallest absolute Gasteiger partial charge is 0.248 e. The van der Waals surface area contributed by atoms with Crippen molar-refractivity contribution in [2.75, 3.05) is 5.32 Å². The van der Waals surface area contributed by atoms with E-state index in [1.54, 1.807) is 36.4 Å². The van der Waals surface area contributed by atoms with Crippen LogP contribution < -0.4 is 5.32 Å². The van der Waals surface area contributed by atoms with Gasteiger partial charge in [0.05, 0.1) is 10.0 Å². The first kappa shape index (κ1) is 14.2. The van der Waals surface area contributed by atoms with Crippen LogP contribution in [0.1, 0.15) is 5.76 Å². The van der Waals surface area contributed by atoms with Gasteiger partial charge in [-0.15, -0.1) is 0 Å². The second kappa shape index (κ2) is 6.28. The molecule has 0 radical (unpaired) electrons. The number of furan rings is 1. The summed E-state index contributed by atoms with van der Waals surface area (Å²) in [5, 5.41) is 3.49. The van der Waals surface area contributed by atoms with Gasteiger partial charge in [0.25, 0.3) is 0 Å². The highest BCUT2D eigenvalue weighted by molar-refractivity contribution is 9.10. The van der Waals surface area contributed by atoms with Gasteiger partial charge in [0.15, 0.2) is 4.67 Å². The van der Waals surface area contributed by atoms with Crippen molar-refractivity contribution in [1.82, 2.24) is 0 Å². The molecule has 1 aromatic carbocycles. The van der Waals surface area contributed by atoms with Gasteiger partial charge in [0, 0.05) is 11.8 Å². The summed E-state index contributed by atoms with van der Waals surface area (Å²) in [6.07, 6.45) is 2.94. The molecule has 1 N–H and O–H groups in total. The van der Waals surface area contributed by atoms with Crippen LogP contribution in [0.25, 0.3) is 6.08 Å². The highest BCUT2D eigenvalue weighted by Gasteiger charge is 2.02. The number of anilines is 1. The molecule has 0 aliphatic rings. The molecule has 2 rings (SSSR count). The maximum Gasteiger partial charge on any atom is 0.248 e. The van der Waals surface area contributed by atoms with Crippen molar-refractivity contribution in [1.29, 1.82) is 0 Å². The van der Waals surface area contributed by atoms with Crippen LogP contribution in [0, 0.1) is 0 Å². The maximum absolute atomic E-state index is 11.7. The minimum absolute atomic E-state index is 0.286. The third-order valence-corrected chi connectivity index (χ3v) is 3.35. The Balaban J connectivity index is 2.01. The van der Waals surface area contributed by atoms with Crippen LogP contribution in [0.2, 0.25) is 10.0 Å². The van der Waals surface area contributed by atoms with Gasteiger partial charge in [-0.3, -0.25) is 4.79 Å². The van der Waals surface area contributed by atoms with Crippen molar-refractivity contribution in [2.45, 2.75) is 0 Å². The van der Waals surface area contributed by atoms with Crippen LogP contribution >= 0.6 is 39.1 Å². The van der Waals surface area contributed by atoms with Crippen molar-refractivity contribution in [3.05, 3.63) is 56.9 Å². The van der Waals surface area contributed by atoms with E-state index in [-0.39, 0.29) is 5.91 Å². The molecule has 19 heavy (non-hydrogen) atoms. The summed E-state index contributed by atoms with van der Waals surface area (Å²) in [6, 6.07) is 8.36. The van der Waals surface area contributed by atoms with Gasteiger partial charge in [0.1, 0.15) is 5.76 Å². The highest BCUT2D eigenvalue weighted by atomic mass is 79.9. The van der Waals surface area contributed by atoms with Gasteiger partial charge in [0.2, 0.25) is 5.91 Å². The van der Waals surface area contributed by atoms with Crippen molar-refractivity contribution in [2.24, 2.45) is 0 Å². The third-order valence-electron chi connectivity index (χ3n) is 2.18. The predicted molar refractivity (Wildman–Crippen MR) is 80.5 cm³/mol. The molecule has 0 saturated carbocycles. The molecule has 1 amide bonds. The van der Waals surface area contributed by atoms with E-state index in [2.05, 4.69) is 21.2 Å². The number of hydrogen-bond donors (Lipinski definition) is 1. The monoisotopic (exact) mass is 359 g/mol. The maximum atomic E-state index is 11.7. The van der Waals surface area contributed by atoms with E-state index >= 15 is 0 Å². The van der Waals surface area contributed by atoms with Crippen LogP contribution in [0.3, 0.4) is 0 Å². The number of halogens is 3. The van der Waals surface area contributed by atoms with E-state index in [0.29, 0.717) is 26.2 Å². The van der Waals surface area contributed by atoms with Gasteiger partial charge < -0.3 is 9.73 Å². The van der Waals surface area contributed by atoms with Crippen molar-refractivity contribution in [3.63, 3.8) is 0 Å². The first-order valence-electron chi connectivity index (χ1n) is 5.24. The number of carbonyl (C=O) groups is 1. The van der Waals surface area contributed by atoms with Gasteiger partial charge in [-0.25, -0.2) is 0 Å². The summed E-state index contributed by atoms with van der Waals surface area (Å²) in [5.74, 6) is 0.294. The molecule has 6 heteroatoms. The summed E-state index contributed by atoms with van der Waals surface area (Å²) in [4.78, 5) is 11.7. The minimum Gasteiger partial charge on any atom is -0.450 e. The number of hydrogen-bond acceptors (Lipinski definition) is 2. The summed E-state index contributed by atoms with van der Waals surface area (Å²) in [6.45, 7) is 0. The number of rotatable bonds is 3. The van der Waals surface area contributed by atoms with Crippen molar-refractivity contribution >= 4 is 56.8 Å². The molecule has 0 atom stereocenters. The molecule has 98 valence electrons. The van der Waals surface area contributed by atoms with Gasteiger partial charge >= 0.3 is 0 Å². The third kappa shape index (κ3) is 4.13. The zero-order chi connectivity index (χ0) is 13.8. The Labute approximate surface area is 128 Å². The number of benzene rings is 1. The summed E-state index contributed by atoms with van der Waals surface area (Å²) in [7, 11) is 0. The van der Waals surface area contributed by atoms with E-state index in [1.165, 1.54) is 6.08 Å². The largest absolute Gasteiger partial charge is 0.450 e. The lowest BCUT2D eigenvalue weighted by molar-refractivity contribution is -0.111. The molecule has 1 heterocycles. The molecule has 0 spiro atoms. The Morgan fingerprint density at radius 2 is 2.00 bits per heavy atom. The summed E-state index contributed by atoms with van der Waals surface area (Å²) in [5.41, 5.74) is 0.574. The highest BCUT2D eigenvalue weighted by Crippen LogP contribution is 2.25. The van der Waals surface area contributed by atoms with Crippen molar-refractivity contribution < 1.29 is 9.21 Å². The molecule has 1 aromatic heterocycles. The van der Waals surface area contributed by atoms with E-state index in [4.69, 9.17) is 27.6 Å². The normalized spacial score (nSPS) is 10.9. The minimum atomic E-state index is -0.286. The lowest BCUT2D eigenvalue weighted by atomic mass is 10.3. The lowest BCUT2D eigenvalue weighted by Gasteiger charge is -2.03. The fourth-order valence-electron chi connectivity index (χ4n) is 1.33. The number of carbonyl (C=O) groups excluding carboxylic acids is 1. The first-order chi connectivity index (χ1) is 9.04. The summed E-state index contributed by atoms with van der Waals surface area (Å²) < 4.78 is 5.84. The first-order valence-corrected chi connectivity index (χ1v) is 6.79. The SMILES string of the molecule is O=C(C=Cc1ccc(Br)o1)Nc1ccc(Cl)c(Cl)c1. The average Bonchev–Trinajstić information content (AvgIpc) is 2.77. The van der Waals surface area contributed by atoms with Gasteiger partial charge in [-0.1, -0.05) is 23.2 Å². The molecule has 0 bridgehead atoms. The Morgan fingerprint density at radius 3 is 2.63 bits per heavy atom. The molecule has 0 aliphatic carbocycles. The van der Waals surface area contributed by atoms with E-state index in [0.717, 1.165) is 0 Å². The molecular formula is C13H8BrCl2NO2. The standard InChI is InChI=1S/C13H8BrCl2NO2/c14-12-5-2-9(19-12)3-6-13(18)17-8-1-4-10(15)11(16)7-8/h1-7H,(H,17,18). The Morgan fingerprint density at radius 1 is 1.21 bits per heavy atom. The van der Waals surface area contributed by atoms with Crippen LogP contribution in [0.5, 0.6) is 0 Å². The quantitative estimate of drug-likeness (QED) is 0.782. The molecule has 3 nitrogen and oxygen atoms in total. The fourth-order valence-corrected chi connectivity index (χ4v) is 1.95. The number of nitrogens with one attached hydrogen (secondary N) is 1. The zero-order valence-electron chi connectivity index (χ0n) is 9.49. The van der Waals surface area contributed by atoms with E-state index in [9.17, 15) is 4.79 Å². The Kier molecular flexibility index (Phi) is 4.69. The second-order valence-corrected chi connectivity index (χ2v) is 5.19. The van der Waals surface area contributed by atoms with Crippen molar-refractivity contribution in [3.8, 4) is 0 Å². The van der Waals surface area contributed by atoms with Crippen LogP contribution in [0.15, 0.2) is 45.5 Å². The van der Waals surface area contributed by atoms with Gasteiger partial charge in [-0.05, 0) is 52.3 Å². The molecule has 0 unspecified atom stereocenters. The zero-order valence-corrected chi connectivity index (χ0v) is 12.6. The average molecular weight is 361 g/mol. The predicted octanol–water partition coefficient (Wildman–Crippen LogP) is 5.00. The van der Waals surface area contributed by atoms with Gasteiger partial charge in [-0.2, -0.15) is 0 Å². The molecular weight excluding hydrogens is 353 g/mol. The van der Waals surface area contributed by atoms with Crippen LogP contribution in [-0.2, 0) is 4.79 Å². The fraction of sp³-hybridized carbons (Fsp3) is 0. The molecule has 0 fully saturated rings. The molecule has 0 aliphatic heterocycles. The second-order valence-electron chi connectivity index (χ2n) is 3.59. The Bertz CT molecular complexity index is 637. The van der Waals surface area contributed by atoms with Crippen LogP contribution in [0.4, 0.5) is 5.69 Å². The van der Waals surface area contributed by atoms with E-state index in [1.807, 2.05) is 0 Å². The van der Waals surface area contributed by atoms with E-state index < -0.39 is 0 Å². The van der Waals surface area contributed by atoms with Crippen LogP contribution in [-0.4, -0.2) is 5.91 Å². The lowest BCUT2D eigenvalue weighted by Crippen LogP contribution is -2.07. The molecule has 0 saturated heterocycles.